The number of hydrogen-bond acceptors (Lipinski definition) is 6. The van der Waals surface area contributed by atoms with E-state index in [9.17, 15) is 19.5 Å². The summed E-state index contributed by atoms with van der Waals surface area (Å²) in [7, 11) is 0. The van der Waals surface area contributed by atoms with Crippen LogP contribution in [0.4, 0.5) is 0 Å². The van der Waals surface area contributed by atoms with Gasteiger partial charge in [0.25, 0.3) is 0 Å². The normalized spacial score (nSPS) is 13.7. The number of amides is 2. The van der Waals surface area contributed by atoms with Crippen molar-refractivity contribution in [3.8, 4) is 0 Å². The second-order valence-corrected chi connectivity index (χ2v) is 7.78. The predicted molar refractivity (Wildman–Crippen MR) is 122 cm³/mol. The largest absolute Gasteiger partial charge is 0.480 e. The van der Waals surface area contributed by atoms with E-state index in [0.29, 0.717) is 19.4 Å². The van der Waals surface area contributed by atoms with E-state index in [0.717, 1.165) is 16.0 Å². The van der Waals surface area contributed by atoms with Crippen molar-refractivity contribution in [1.82, 2.24) is 4.90 Å². The summed E-state index contributed by atoms with van der Waals surface area (Å²) in [6.07, 6.45) is 1.46. The van der Waals surface area contributed by atoms with Crippen LogP contribution in [0.2, 0.25) is 0 Å². The van der Waals surface area contributed by atoms with E-state index >= 15 is 0 Å². The van der Waals surface area contributed by atoms with Gasteiger partial charge in [-0.05, 0) is 49.8 Å². The molecule has 8 nitrogen and oxygen atoms in total. The summed E-state index contributed by atoms with van der Waals surface area (Å²) < 4.78 is 0. The van der Waals surface area contributed by atoms with Crippen LogP contribution < -0.4 is 17.2 Å². The molecular weight excluding hydrogens is 408 g/mol. The fraction of sp³-hybridized carbons (Fsp3) is 0.375. The molecule has 0 radical (unpaired) electrons. The van der Waals surface area contributed by atoms with E-state index in [-0.39, 0.29) is 19.3 Å². The summed E-state index contributed by atoms with van der Waals surface area (Å²) in [5.41, 5.74) is 19.4. The molecule has 0 spiro atoms. The molecule has 3 unspecified atom stereocenters. The third kappa shape index (κ3) is 7.26. The smallest absolute Gasteiger partial charge is 0.326 e. The molecule has 8 heteroatoms. The topological polar surface area (TPSA) is 153 Å². The molecule has 0 aliphatic rings. The van der Waals surface area contributed by atoms with Gasteiger partial charge in [0.05, 0.1) is 12.1 Å². The fourth-order valence-corrected chi connectivity index (χ4v) is 3.53. The van der Waals surface area contributed by atoms with E-state index < -0.39 is 35.9 Å². The highest BCUT2D eigenvalue weighted by Gasteiger charge is 2.38. The zero-order chi connectivity index (χ0) is 23.5. The summed E-state index contributed by atoms with van der Waals surface area (Å²) >= 11 is 0. The van der Waals surface area contributed by atoms with E-state index in [4.69, 9.17) is 17.2 Å². The van der Waals surface area contributed by atoms with Crippen LogP contribution in [0.3, 0.4) is 0 Å². The first kappa shape index (κ1) is 25.2. The molecule has 2 rings (SSSR count). The maximum Gasteiger partial charge on any atom is 0.326 e. The Labute approximate surface area is 188 Å². The maximum atomic E-state index is 13.3. The lowest BCUT2D eigenvalue weighted by Gasteiger charge is -2.31. The van der Waals surface area contributed by atoms with Crippen LogP contribution in [0.1, 0.15) is 30.4 Å². The number of nitrogens with two attached hydrogens (primary N) is 3. The molecule has 2 aromatic rings. The summed E-state index contributed by atoms with van der Waals surface area (Å²) in [5, 5.41) is 9.82. The van der Waals surface area contributed by atoms with Gasteiger partial charge in [0.15, 0.2) is 0 Å². The van der Waals surface area contributed by atoms with Crippen LogP contribution in [0.15, 0.2) is 60.7 Å². The number of rotatable bonds is 12. The molecule has 0 bridgehead atoms. The molecule has 0 aliphatic carbocycles. The first-order valence-corrected chi connectivity index (χ1v) is 10.7. The van der Waals surface area contributed by atoms with Crippen LogP contribution in [0.5, 0.6) is 0 Å². The van der Waals surface area contributed by atoms with E-state index in [1.54, 1.807) is 0 Å². The van der Waals surface area contributed by atoms with Crippen molar-refractivity contribution in [3.63, 3.8) is 0 Å². The molecular formula is C24H32N4O4. The summed E-state index contributed by atoms with van der Waals surface area (Å²) in [5.74, 6) is -2.77. The SMILES string of the molecule is NCCCCC(C(=O)O)N(C(=O)C(N)Cc1ccccc1)C(=O)C(N)Cc1ccccc1. The Morgan fingerprint density at radius 1 is 0.781 bits per heavy atom. The molecule has 2 aromatic carbocycles. The van der Waals surface area contributed by atoms with E-state index in [1.807, 2.05) is 60.7 Å². The van der Waals surface area contributed by atoms with Crippen LogP contribution in [0.25, 0.3) is 0 Å². The maximum absolute atomic E-state index is 13.3. The fourth-order valence-electron chi connectivity index (χ4n) is 3.53. The minimum absolute atomic E-state index is 0.0835. The number of carbonyl (C=O) groups is 3. The van der Waals surface area contributed by atoms with Gasteiger partial charge in [0.1, 0.15) is 6.04 Å². The van der Waals surface area contributed by atoms with Crippen molar-refractivity contribution in [2.75, 3.05) is 6.54 Å². The molecule has 0 fully saturated rings. The van der Waals surface area contributed by atoms with Gasteiger partial charge < -0.3 is 22.3 Å². The van der Waals surface area contributed by atoms with Crippen molar-refractivity contribution in [2.24, 2.45) is 17.2 Å². The van der Waals surface area contributed by atoms with Gasteiger partial charge in [-0.2, -0.15) is 0 Å². The number of carboxylic acid groups (broad SMARTS) is 1. The number of aliphatic carboxylic acids is 1. The van der Waals surface area contributed by atoms with Gasteiger partial charge in [-0.1, -0.05) is 60.7 Å². The molecule has 0 saturated carbocycles. The summed E-state index contributed by atoms with van der Waals surface area (Å²) in [4.78, 5) is 39.3. The van der Waals surface area contributed by atoms with Crippen molar-refractivity contribution in [2.45, 2.75) is 50.2 Å². The number of nitrogens with zero attached hydrogens (tertiary/aromatic N) is 1. The lowest BCUT2D eigenvalue weighted by Crippen LogP contribution is -2.59. The molecule has 0 heterocycles. The number of imide groups is 1. The third-order valence-electron chi connectivity index (χ3n) is 5.23. The average molecular weight is 441 g/mol. The van der Waals surface area contributed by atoms with Gasteiger partial charge in [0, 0.05) is 0 Å². The van der Waals surface area contributed by atoms with Gasteiger partial charge in [-0.25, -0.2) is 4.79 Å². The highest BCUT2D eigenvalue weighted by molar-refractivity contribution is 6.03. The monoisotopic (exact) mass is 440 g/mol. The number of carboxylic acids is 1. The minimum Gasteiger partial charge on any atom is -0.480 e. The van der Waals surface area contributed by atoms with Crippen LogP contribution in [0, 0.1) is 0 Å². The average Bonchev–Trinajstić information content (AvgIpc) is 2.79. The van der Waals surface area contributed by atoms with E-state index in [2.05, 4.69) is 0 Å². The lowest BCUT2D eigenvalue weighted by atomic mass is 10.00. The van der Waals surface area contributed by atoms with E-state index in [1.165, 1.54) is 0 Å². The summed E-state index contributed by atoms with van der Waals surface area (Å²) in [6.45, 7) is 0.384. The molecule has 0 aliphatic heterocycles. The van der Waals surface area contributed by atoms with Gasteiger partial charge in [-0.3, -0.25) is 14.5 Å². The second kappa shape index (κ2) is 12.7. The van der Waals surface area contributed by atoms with Crippen LogP contribution >= 0.6 is 0 Å². The number of hydrogen-bond donors (Lipinski definition) is 4. The second-order valence-electron chi connectivity index (χ2n) is 7.78. The molecule has 7 N–H and O–H groups in total. The molecule has 2 amide bonds. The van der Waals surface area contributed by atoms with Crippen molar-refractivity contribution < 1.29 is 19.5 Å². The van der Waals surface area contributed by atoms with Crippen LogP contribution in [-0.4, -0.2) is 52.5 Å². The van der Waals surface area contributed by atoms with Crippen molar-refractivity contribution >= 4 is 17.8 Å². The number of unbranched alkanes of at least 4 members (excludes halogenated alkanes) is 1. The first-order valence-electron chi connectivity index (χ1n) is 10.7. The Balaban J connectivity index is 2.28. The molecule has 3 atom stereocenters. The Bertz CT molecular complexity index is 817. The zero-order valence-corrected chi connectivity index (χ0v) is 18.1. The third-order valence-corrected chi connectivity index (χ3v) is 5.23. The van der Waals surface area contributed by atoms with Gasteiger partial charge in [0.2, 0.25) is 11.8 Å². The molecule has 0 saturated heterocycles. The Morgan fingerprint density at radius 3 is 1.59 bits per heavy atom. The molecule has 0 aromatic heterocycles. The van der Waals surface area contributed by atoms with Gasteiger partial charge in [-0.15, -0.1) is 0 Å². The standard InChI is InChI=1S/C24H32N4O4/c25-14-8-7-13-21(24(31)32)28(22(29)19(26)15-17-9-3-1-4-10-17)23(30)20(27)16-18-11-5-2-6-12-18/h1-6,9-12,19-21H,7-8,13-16,25-27H2,(H,31,32). The number of benzene rings is 2. The first-order chi connectivity index (χ1) is 15.3. The Morgan fingerprint density at radius 2 is 1.22 bits per heavy atom. The predicted octanol–water partition coefficient (Wildman–Crippen LogP) is 1.06. The summed E-state index contributed by atoms with van der Waals surface area (Å²) in [6, 6.07) is 14.7. The Kier molecular flexibility index (Phi) is 10.0. The highest BCUT2D eigenvalue weighted by Crippen LogP contribution is 2.16. The number of carbonyl (C=O) groups excluding carboxylic acids is 2. The van der Waals surface area contributed by atoms with Crippen molar-refractivity contribution in [3.05, 3.63) is 71.8 Å². The zero-order valence-electron chi connectivity index (χ0n) is 18.1. The van der Waals surface area contributed by atoms with Gasteiger partial charge >= 0.3 is 5.97 Å². The van der Waals surface area contributed by atoms with Crippen LogP contribution in [-0.2, 0) is 27.2 Å². The Hall–Kier alpha value is -3.07. The molecule has 32 heavy (non-hydrogen) atoms. The minimum atomic E-state index is -1.36. The molecule has 172 valence electrons. The lowest BCUT2D eigenvalue weighted by molar-refractivity contribution is -0.159. The highest BCUT2D eigenvalue weighted by atomic mass is 16.4. The quantitative estimate of drug-likeness (QED) is 0.360. The van der Waals surface area contributed by atoms with Crippen molar-refractivity contribution in [1.29, 1.82) is 0 Å².